The lowest BCUT2D eigenvalue weighted by Gasteiger charge is -2.28. The van der Waals surface area contributed by atoms with Gasteiger partial charge in [0.15, 0.2) is 5.78 Å². The molecular formula is C18H19FN2O4S. The SMILES string of the molecule is CC(=O)c1cccc(NC(=O)[C@H](C)N(c2ccc(F)cc2)S(C)(=O)=O)c1. The standard InChI is InChI=1S/C18H19FN2O4S/c1-12(18(23)20-16-6-4-5-14(11-16)13(2)22)21(26(3,24)25)17-9-7-15(19)8-10-17/h4-12H,1-3H3,(H,20,23)/t12-/m0/s1. The van der Waals surface area contributed by atoms with Crippen molar-refractivity contribution < 1.29 is 22.4 Å². The third kappa shape index (κ3) is 4.66. The summed E-state index contributed by atoms with van der Waals surface area (Å²) >= 11 is 0. The van der Waals surface area contributed by atoms with Crippen LogP contribution in [0.4, 0.5) is 15.8 Å². The predicted octanol–water partition coefficient (Wildman–Crippen LogP) is 2.82. The first kappa shape index (κ1) is 19.6. The van der Waals surface area contributed by atoms with E-state index in [4.69, 9.17) is 0 Å². The fraction of sp³-hybridized carbons (Fsp3) is 0.222. The number of sulfonamides is 1. The highest BCUT2D eigenvalue weighted by molar-refractivity contribution is 7.92. The van der Waals surface area contributed by atoms with E-state index in [1.807, 2.05) is 0 Å². The van der Waals surface area contributed by atoms with E-state index in [1.54, 1.807) is 18.2 Å². The highest BCUT2D eigenvalue weighted by Crippen LogP contribution is 2.22. The topological polar surface area (TPSA) is 83.6 Å². The van der Waals surface area contributed by atoms with E-state index in [-0.39, 0.29) is 11.5 Å². The third-order valence-electron chi connectivity index (χ3n) is 3.71. The van der Waals surface area contributed by atoms with Crippen LogP contribution in [0.3, 0.4) is 0 Å². The molecule has 6 nitrogen and oxygen atoms in total. The van der Waals surface area contributed by atoms with Gasteiger partial charge in [-0.15, -0.1) is 0 Å². The number of nitrogens with one attached hydrogen (secondary N) is 1. The van der Waals surface area contributed by atoms with Crippen molar-refractivity contribution in [1.29, 1.82) is 0 Å². The second-order valence-corrected chi connectivity index (χ2v) is 7.70. The molecular weight excluding hydrogens is 359 g/mol. The maximum absolute atomic E-state index is 13.1. The van der Waals surface area contributed by atoms with Gasteiger partial charge < -0.3 is 5.32 Å². The van der Waals surface area contributed by atoms with Crippen LogP contribution in [0, 0.1) is 5.82 Å². The molecule has 1 amide bonds. The van der Waals surface area contributed by atoms with Gasteiger partial charge in [-0.1, -0.05) is 12.1 Å². The lowest BCUT2D eigenvalue weighted by atomic mass is 10.1. The molecule has 0 radical (unpaired) electrons. The first-order valence-corrected chi connectivity index (χ1v) is 9.61. The zero-order chi connectivity index (χ0) is 19.5. The Balaban J connectivity index is 2.29. The predicted molar refractivity (Wildman–Crippen MR) is 98.3 cm³/mol. The van der Waals surface area contributed by atoms with E-state index in [2.05, 4.69) is 5.32 Å². The number of amides is 1. The Hall–Kier alpha value is -2.74. The number of benzene rings is 2. The molecule has 0 unspecified atom stereocenters. The highest BCUT2D eigenvalue weighted by atomic mass is 32.2. The van der Waals surface area contributed by atoms with E-state index < -0.39 is 27.8 Å². The molecule has 0 aromatic heterocycles. The van der Waals surface area contributed by atoms with Gasteiger partial charge in [-0.3, -0.25) is 13.9 Å². The molecule has 2 rings (SSSR count). The summed E-state index contributed by atoms with van der Waals surface area (Å²) in [5.41, 5.74) is 0.977. The molecule has 0 saturated heterocycles. The molecule has 0 spiro atoms. The maximum Gasteiger partial charge on any atom is 0.247 e. The molecule has 0 heterocycles. The van der Waals surface area contributed by atoms with Crippen molar-refractivity contribution in [2.24, 2.45) is 0 Å². The molecule has 26 heavy (non-hydrogen) atoms. The highest BCUT2D eigenvalue weighted by Gasteiger charge is 2.29. The van der Waals surface area contributed by atoms with Crippen LogP contribution in [0.5, 0.6) is 0 Å². The lowest BCUT2D eigenvalue weighted by molar-refractivity contribution is -0.116. The lowest BCUT2D eigenvalue weighted by Crippen LogP contribution is -2.45. The minimum absolute atomic E-state index is 0.154. The molecule has 0 bridgehead atoms. The van der Waals surface area contributed by atoms with Crippen molar-refractivity contribution in [3.8, 4) is 0 Å². The fourth-order valence-corrected chi connectivity index (χ4v) is 3.63. The largest absolute Gasteiger partial charge is 0.324 e. The van der Waals surface area contributed by atoms with E-state index in [1.165, 1.54) is 32.0 Å². The zero-order valence-corrected chi connectivity index (χ0v) is 15.4. The number of carbonyl (C=O) groups excluding carboxylic acids is 2. The summed E-state index contributed by atoms with van der Waals surface area (Å²) in [6, 6.07) is 10.1. The number of halogens is 1. The Bertz CT molecular complexity index is 926. The third-order valence-corrected chi connectivity index (χ3v) is 4.95. The molecule has 0 aliphatic rings. The van der Waals surface area contributed by atoms with Crippen LogP contribution in [0.25, 0.3) is 0 Å². The number of Topliss-reactive ketones (excluding diaryl/α,β-unsaturated/α-hetero) is 1. The average Bonchev–Trinajstić information content (AvgIpc) is 2.55. The number of hydrogen-bond donors (Lipinski definition) is 1. The van der Waals surface area contributed by atoms with E-state index in [9.17, 15) is 22.4 Å². The van der Waals surface area contributed by atoms with Crippen LogP contribution in [0.1, 0.15) is 24.2 Å². The van der Waals surface area contributed by atoms with Gasteiger partial charge in [0.1, 0.15) is 11.9 Å². The van der Waals surface area contributed by atoms with Gasteiger partial charge in [0.2, 0.25) is 15.9 Å². The van der Waals surface area contributed by atoms with Gasteiger partial charge >= 0.3 is 0 Å². The summed E-state index contributed by atoms with van der Waals surface area (Å²) in [5, 5.41) is 2.60. The van der Waals surface area contributed by atoms with Crippen molar-refractivity contribution >= 4 is 33.1 Å². The molecule has 0 aliphatic carbocycles. The summed E-state index contributed by atoms with van der Waals surface area (Å²) < 4.78 is 38.4. The Morgan fingerprint density at radius 1 is 1.12 bits per heavy atom. The minimum Gasteiger partial charge on any atom is -0.324 e. The Morgan fingerprint density at radius 3 is 2.27 bits per heavy atom. The summed E-state index contributed by atoms with van der Waals surface area (Å²) in [6.45, 7) is 2.83. The monoisotopic (exact) mass is 378 g/mol. The van der Waals surface area contributed by atoms with Gasteiger partial charge in [0.25, 0.3) is 0 Å². The zero-order valence-electron chi connectivity index (χ0n) is 14.6. The van der Waals surface area contributed by atoms with Gasteiger partial charge in [0, 0.05) is 11.3 Å². The molecule has 0 aliphatic heterocycles. The summed E-state index contributed by atoms with van der Waals surface area (Å²) in [5.74, 6) is -1.25. The van der Waals surface area contributed by atoms with Crippen LogP contribution < -0.4 is 9.62 Å². The second-order valence-electron chi connectivity index (χ2n) is 5.84. The van der Waals surface area contributed by atoms with Crippen LogP contribution in [0.15, 0.2) is 48.5 Å². The number of rotatable bonds is 6. The summed E-state index contributed by atoms with van der Waals surface area (Å²) in [7, 11) is -3.79. The van der Waals surface area contributed by atoms with E-state index >= 15 is 0 Å². The molecule has 2 aromatic rings. The second kappa shape index (κ2) is 7.65. The minimum atomic E-state index is -3.79. The number of ketones is 1. The van der Waals surface area contributed by atoms with Crippen molar-refractivity contribution in [3.05, 3.63) is 59.9 Å². The number of hydrogen-bond acceptors (Lipinski definition) is 4. The van der Waals surface area contributed by atoms with Gasteiger partial charge in [-0.05, 0) is 50.2 Å². The van der Waals surface area contributed by atoms with E-state index in [0.717, 1.165) is 22.7 Å². The van der Waals surface area contributed by atoms with Crippen molar-refractivity contribution in [2.75, 3.05) is 15.9 Å². The first-order valence-electron chi connectivity index (χ1n) is 7.76. The number of anilines is 2. The smallest absolute Gasteiger partial charge is 0.247 e. The van der Waals surface area contributed by atoms with E-state index in [0.29, 0.717) is 11.3 Å². The fourth-order valence-electron chi connectivity index (χ4n) is 2.46. The Kier molecular flexibility index (Phi) is 5.76. The molecule has 0 fully saturated rings. The van der Waals surface area contributed by atoms with Crippen LogP contribution in [-0.4, -0.2) is 32.4 Å². The number of carbonyl (C=O) groups is 2. The quantitative estimate of drug-likeness (QED) is 0.784. The maximum atomic E-state index is 13.1. The molecule has 1 atom stereocenters. The van der Waals surface area contributed by atoms with Crippen LogP contribution in [-0.2, 0) is 14.8 Å². The Morgan fingerprint density at radius 2 is 1.73 bits per heavy atom. The normalized spacial score (nSPS) is 12.3. The van der Waals surface area contributed by atoms with Crippen LogP contribution in [0.2, 0.25) is 0 Å². The summed E-state index contributed by atoms with van der Waals surface area (Å²) in [4.78, 5) is 24.0. The first-order chi connectivity index (χ1) is 12.1. The summed E-state index contributed by atoms with van der Waals surface area (Å²) in [6.07, 6.45) is 0.969. The van der Waals surface area contributed by atoms with Crippen molar-refractivity contribution in [2.45, 2.75) is 19.9 Å². The molecule has 1 N–H and O–H groups in total. The van der Waals surface area contributed by atoms with Crippen molar-refractivity contribution in [3.63, 3.8) is 0 Å². The van der Waals surface area contributed by atoms with Gasteiger partial charge in [0.05, 0.1) is 11.9 Å². The van der Waals surface area contributed by atoms with Crippen molar-refractivity contribution in [1.82, 2.24) is 0 Å². The molecule has 138 valence electrons. The number of nitrogens with zero attached hydrogens (tertiary/aromatic N) is 1. The van der Waals surface area contributed by atoms with Crippen LogP contribution >= 0.6 is 0 Å². The molecule has 0 saturated carbocycles. The Labute approximate surface area is 151 Å². The van der Waals surface area contributed by atoms with Gasteiger partial charge in [-0.25, -0.2) is 12.8 Å². The average molecular weight is 378 g/mol. The van der Waals surface area contributed by atoms with Gasteiger partial charge in [-0.2, -0.15) is 0 Å². The molecule has 8 heteroatoms. The molecule has 2 aromatic carbocycles.